The van der Waals surface area contributed by atoms with Crippen molar-refractivity contribution >= 4 is 11.9 Å². The van der Waals surface area contributed by atoms with Crippen LogP contribution in [0.1, 0.15) is 45.4 Å². The molecule has 0 aliphatic carbocycles. The molecule has 0 bridgehead atoms. The molecule has 1 rings (SSSR count). The van der Waals surface area contributed by atoms with E-state index in [1.807, 2.05) is 0 Å². The van der Waals surface area contributed by atoms with Gasteiger partial charge in [-0.3, -0.25) is 9.59 Å². The van der Waals surface area contributed by atoms with Gasteiger partial charge in [0.05, 0.1) is 19.3 Å². The van der Waals surface area contributed by atoms with E-state index in [-0.39, 0.29) is 18.6 Å². The highest BCUT2D eigenvalue weighted by molar-refractivity contribution is 5.78. The number of likely N-dealkylation sites (N-methyl/N-ethyl adjacent to an activating group) is 1. The summed E-state index contributed by atoms with van der Waals surface area (Å²) in [6.07, 6.45) is 6.02. The average molecular weight is 271 g/mol. The number of nitrogens with zero attached hydrogens (tertiary/aromatic N) is 1. The standard InChI is InChI=1S/C14H25NO4/c1-3-4-5-6-7-8-13(16)15(2)12-10-19-9-11(12)14(17)18/h11-12H,3-10H2,1-2H3,(H,17,18). The summed E-state index contributed by atoms with van der Waals surface area (Å²) in [5, 5.41) is 9.07. The lowest BCUT2D eigenvalue weighted by molar-refractivity contribution is -0.144. The minimum Gasteiger partial charge on any atom is -0.481 e. The van der Waals surface area contributed by atoms with Crippen LogP contribution >= 0.6 is 0 Å². The number of carboxylic acid groups (broad SMARTS) is 1. The van der Waals surface area contributed by atoms with Crippen molar-refractivity contribution in [1.29, 1.82) is 0 Å². The van der Waals surface area contributed by atoms with Gasteiger partial charge in [-0.1, -0.05) is 32.6 Å². The molecule has 1 N–H and O–H groups in total. The number of carboxylic acids is 1. The van der Waals surface area contributed by atoms with Gasteiger partial charge < -0.3 is 14.7 Å². The molecule has 0 aromatic rings. The molecule has 110 valence electrons. The van der Waals surface area contributed by atoms with Crippen LogP contribution in [0.25, 0.3) is 0 Å². The molecule has 1 fully saturated rings. The molecule has 1 aliphatic heterocycles. The van der Waals surface area contributed by atoms with Crippen molar-refractivity contribution in [1.82, 2.24) is 4.90 Å². The van der Waals surface area contributed by atoms with Crippen molar-refractivity contribution in [3.63, 3.8) is 0 Å². The molecule has 0 spiro atoms. The number of hydrogen-bond acceptors (Lipinski definition) is 3. The largest absolute Gasteiger partial charge is 0.481 e. The van der Waals surface area contributed by atoms with Gasteiger partial charge in [-0.2, -0.15) is 0 Å². The van der Waals surface area contributed by atoms with Gasteiger partial charge in [0.1, 0.15) is 5.92 Å². The van der Waals surface area contributed by atoms with E-state index in [0.29, 0.717) is 13.0 Å². The Balaban J connectivity index is 2.33. The van der Waals surface area contributed by atoms with Crippen molar-refractivity contribution in [3.05, 3.63) is 0 Å². The minimum atomic E-state index is -0.884. The summed E-state index contributed by atoms with van der Waals surface area (Å²) >= 11 is 0. The second-order valence-corrected chi connectivity index (χ2v) is 5.22. The molecule has 1 heterocycles. The Bertz CT molecular complexity index is 306. The number of amides is 1. The SMILES string of the molecule is CCCCCCCC(=O)N(C)C1COCC1C(=O)O. The summed E-state index contributed by atoms with van der Waals surface area (Å²) < 4.78 is 5.19. The van der Waals surface area contributed by atoms with E-state index in [0.717, 1.165) is 19.3 Å². The zero-order valence-electron chi connectivity index (χ0n) is 11.9. The molecule has 1 saturated heterocycles. The van der Waals surface area contributed by atoms with Gasteiger partial charge >= 0.3 is 5.97 Å². The molecule has 0 aromatic heterocycles. The highest BCUT2D eigenvalue weighted by Gasteiger charge is 2.38. The van der Waals surface area contributed by atoms with E-state index in [1.54, 1.807) is 11.9 Å². The maximum Gasteiger partial charge on any atom is 0.311 e. The van der Waals surface area contributed by atoms with Gasteiger partial charge in [0.2, 0.25) is 5.91 Å². The first-order valence-electron chi connectivity index (χ1n) is 7.14. The van der Waals surface area contributed by atoms with Crippen molar-refractivity contribution < 1.29 is 19.4 Å². The third kappa shape index (κ3) is 4.82. The van der Waals surface area contributed by atoms with Gasteiger partial charge in [0, 0.05) is 13.5 Å². The zero-order chi connectivity index (χ0) is 14.3. The molecule has 0 saturated carbocycles. The van der Waals surface area contributed by atoms with E-state index in [9.17, 15) is 9.59 Å². The van der Waals surface area contributed by atoms with E-state index >= 15 is 0 Å². The van der Waals surface area contributed by atoms with Gasteiger partial charge in [0.15, 0.2) is 0 Å². The lowest BCUT2D eigenvalue weighted by Gasteiger charge is -2.26. The number of rotatable bonds is 8. The van der Waals surface area contributed by atoms with E-state index in [2.05, 4.69) is 6.92 Å². The first-order valence-corrected chi connectivity index (χ1v) is 7.14. The van der Waals surface area contributed by atoms with Crippen molar-refractivity contribution in [2.24, 2.45) is 5.92 Å². The van der Waals surface area contributed by atoms with Gasteiger partial charge in [-0.15, -0.1) is 0 Å². The summed E-state index contributed by atoms with van der Waals surface area (Å²) in [6, 6.07) is -0.319. The molecule has 19 heavy (non-hydrogen) atoms. The number of ether oxygens (including phenoxy) is 1. The maximum atomic E-state index is 12.0. The fourth-order valence-electron chi connectivity index (χ4n) is 2.40. The second-order valence-electron chi connectivity index (χ2n) is 5.22. The molecule has 0 radical (unpaired) electrons. The lowest BCUT2D eigenvalue weighted by Crippen LogP contribution is -2.44. The van der Waals surface area contributed by atoms with Gasteiger partial charge in [-0.05, 0) is 6.42 Å². The van der Waals surface area contributed by atoms with Crippen LogP contribution in [0, 0.1) is 5.92 Å². The molecule has 0 aromatic carbocycles. The fourth-order valence-corrected chi connectivity index (χ4v) is 2.40. The maximum absolute atomic E-state index is 12.0. The highest BCUT2D eigenvalue weighted by Crippen LogP contribution is 2.20. The Hall–Kier alpha value is -1.10. The van der Waals surface area contributed by atoms with Gasteiger partial charge in [0.25, 0.3) is 0 Å². The Morgan fingerprint density at radius 3 is 2.53 bits per heavy atom. The Labute approximate surface area is 114 Å². The number of carbonyl (C=O) groups is 2. The number of aliphatic carboxylic acids is 1. The third-order valence-electron chi connectivity index (χ3n) is 3.75. The quantitative estimate of drug-likeness (QED) is 0.685. The number of hydrogen-bond donors (Lipinski definition) is 1. The van der Waals surface area contributed by atoms with E-state index in [1.165, 1.54) is 12.8 Å². The van der Waals surface area contributed by atoms with E-state index < -0.39 is 11.9 Å². The predicted octanol–water partition coefficient (Wildman–Crippen LogP) is 1.90. The Morgan fingerprint density at radius 1 is 1.21 bits per heavy atom. The molecule has 5 nitrogen and oxygen atoms in total. The van der Waals surface area contributed by atoms with Crippen LogP contribution in [0.3, 0.4) is 0 Å². The zero-order valence-corrected chi connectivity index (χ0v) is 11.9. The Morgan fingerprint density at radius 2 is 1.89 bits per heavy atom. The molecular weight excluding hydrogens is 246 g/mol. The fraction of sp³-hybridized carbons (Fsp3) is 0.857. The minimum absolute atomic E-state index is 0.0262. The van der Waals surface area contributed by atoms with Crippen LogP contribution in [0.4, 0.5) is 0 Å². The van der Waals surface area contributed by atoms with Crippen molar-refractivity contribution in [2.75, 3.05) is 20.3 Å². The van der Waals surface area contributed by atoms with Crippen LogP contribution in [0.5, 0.6) is 0 Å². The summed E-state index contributed by atoms with van der Waals surface area (Å²) in [7, 11) is 1.68. The Kier molecular flexibility index (Phi) is 6.84. The number of unbranched alkanes of at least 4 members (excludes halogenated alkanes) is 4. The first kappa shape index (κ1) is 16.0. The summed E-state index contributed by atoms with van der Waals surface area (Å²) in [5.41, 5.74) is 0. The van der Waals surface area contributed by atoms with Crippen LogP contribution < -0.4 is 0 Å². The van der Waals surface area contributed by atoms with E-state index in [4.69, 9.17) is 9.84 Å². The lowest BCUT2D eigenvalue weighted by atomic mass is 10.0. The molecule has 2 unspecified atom stereocenters. The monoisotopic (exact) mass is 271 g/mol. The van der Waals surface area contributed by atoms with Crippen LogP contribution in [0.15, 0.2) is 0 Å². The third-order valence-corrected chi connectivity index (χ3v) is 3.75. The van der Waals surface area contributed by atoms with Crippen LogP contribution in [-0.4, -0.2) is 48.2 Å². The molecular formula is C14H25NO4. The summed E-state index contributed by atoms with van der Waals surface area (Å²) in [6.45, 7) is 2.69. The smallest absolute Gasteiger partial charge is 0.311 e. The van der Waals surface area contributed by atoms with Gasteiger partial charge in [-0.25, -0.2) is 0 Å². The summed E-state index contributed by atoms with van der Waals surface area (Å²) in [5.74, 6) is -1.45. The molecule has 2 atom stereocenters. The average Bonchev–Trinajstić information content (AvgIpc) is 2.86. The highest BCUT2D eigenvalue weighted by atomic mass is 16.5. The molecule has 1 amide bonds. The van der Waals surface area contributed by atoms with Crippen LogP contribution in [0.2, 0.25) is 0 Å². The first-order chi connectivity index (χ1) is 9.07. The molecule has 1 aliphatic rings. The predicted molar refractivity (Wildman–Crippen MR) is 71.9 cm³/mol. The normalized spacial score (nSPS) is 22.4. The topological polar surface area (TPSA) is 66.8 Å². The number of carbonyl (C=O) groups excluding carboxylic acids is 1. The van der Waals surface area contributed by atoms with Crippen molar-refractivity contribution in [2.45, 2.75) is 51.5 Å². The second kappa shape index (κ2) is 8.15. The van der Waals surface area contributed by atoms with Crippen molar-refractivity contribution in [3.8, 4) is 0 Å². The summed E-state index contributed by atoms with van der Waals surface area (Å²) in [4.78, 5) is 24.6. The van der Waals surface area contributed by atoms with Crippen LogP contribution in [-0.2, 0) is 14.3 Å². The molecule has 5 heteroatoms.